The Labute approximate surface area is 109 Å². The fraction of sp³-hybridized carbons (Fsp3) is 0.714. The normalized spacial score (nSPS) is 18.6. The fourth-order valence-corrected chi connectivity index (χ4v) is 3.15. The zero-order chi connectivity index (χ0) is 11.9. The molecule has 0 bridgehead atoms. The van der Waals surface area contributed by atoms with Crippen LogP contribution in [0.4, 0.5) is 0 Å². The average molecular weight is 252 g/mol. The highest BCUT2D eigenvalue weighted by atomic mass is 32.1. The predicted octanol–water partition coefficient (Wildman–Crippen LogP) is 2.61. The first-order chi connectivity index (χ1) is 8.34. The van der Waals surface area contributed by atoms with Gasteiger partial charge < -0.3 is 10.2 Å². The van der Waals surface area contributed by atoms with E-state index in [9.17, 15) is 0 Å². The van der Waals surface area contributed by atoms with Gasteiger partial charge in [-0.25, -0.2) is 0 Å². The quantitative estimate of drug-likeness (QED) is 0.783. The Kier molecular flexibility index (Phi) is 5.49. The van der Waals surface area contributed by atoms with Gasteiger partial charge in [0.25, 0.3) is 0 Å². The van der Waals surface area contributed by atoms with Crippen LogP contribution in [-0.2, 0) is 6.42 Å². The lowest BCUT2D eigenvalue weighted by molar-refractivity contribution is 0.212. The van der Waals surface area contributed by atoms with E-state index < -0.39 is 0 Å². The summed E-state index contributed by atoms with van der Waals surface area (Å²) in [4.78, 5) is 2.44. The number of nitrogens with zero attached hydrogens (tertiary/aromatic N) is 1. The number of hydrogen-bond donors (Lipinski definition) is 1. The summed E-state index contributed by atoms with van der Waals surface area (Å²) in [7, 11) is 2.23. The molecule has 2 nitrogen and oxygen atoms in total. The number of likely N-dealkylation sites (tertiary alicyclic amines) is 1. The summed E-state index contributed by atoms with van der Waals surface area (Å²) in [6, 6.07) is 2.23. The summed E-state index contributed by atoms with van der Waals surface area (Å²) in [5.41, 5.74) is 1.47. The van der Waals surface area contributed by atoms with Crippen LogP contribution in [0.1, 0.15) is 24.8 Å². The molecule has 1 aromatic heterocycles. The molecule has 2 heterocycles. The van der Waals surface area contributed by atoms with E-state index in [1.165, 1.54) is 50.9 Å². The van der Waals surface area contributed by atoms with Gasteiger partial charge in [-0.2, -0.15) is 11.3 Å². The fourth-order valence-electron chi connectivity index (χ4n) is 2.45. The third kappa shape index (κ3) is 4.78. The van der Waals surface area contributed by atoms with Crippen LogP contribution in [-0.4, -0.2) is 38.1 Å². The molecule has 1 aromatic rings. The molecule has 0 aromatic carbocycles. The van der Waals surface area contributed by atoms with E-state index >= 15 is 0 Å². The van der Waals surface area contributed by atoms with Crippen molar-refractivity contribution in [2.24, 2.45) is 5.92 Å². The van der Waals surface area contributed by atoms with E-state index in [2.05, 4.69) is 34.1 Å². The van der Waals surface area contributed by atoms with Crippen LogP contribution >= 0.6 is 11.3 Å². The smallest absolute Gasteiger partial charge is 0.000806 e. The molecule has 1 aliphatic rings. The molecule has 1 fully saturated rings. The molecule has 0 spiro atoms. The molecule has 3 heteroatoms. The molecule has 0 amide bonds. The third-order valence-corrected chi connectivity index (χ3v) is 4.47. The highest BCUT2D eigenvalue weighted by Crippen LogP contribution is 2.18. The van der Waals surface area contributed by atoms with Gasteiger partial charge in [-0.3, -0.25) is 0 Å². The van der Waals surface area contributed by atoms with Crippen LogP contribution in [0.2, 0.25) is 0 Å². The molecule has 1 saturated heterocycles. The molecule has 0 aliphatic carbocycles. The van der Waals surface area contributed by atoms with Crippen LogP contribution in [0, 0.1) is 5.92 Å². The van der Waals surface area contributed by atoms with Crippen LogP contribution in [0.25, 0.3) is 0 Å². The Hall–Kier alpha value is -0.380. The van der Waals surface area contributed by atoms with Crippen molar-refractivity contribution in [3.05, 3.63) is 22.4 Å². The van der Waals surface area contributed by atoms with Crippen molar-refractivity contribution >= 4 is 11.3 Å². The largest absolute Gasteiger partial charge is 0.316 e. The number of hydrogen-bond acceptors (Lipinski definition) is 3. The minimum atomic E-state index is 0.958. The van der Waals surface area contributed by atoms with Gasteiger partial charge in [-0.15, -0.1) is 0 Å². The van der Waals surface area contributed by atoms with Crippen molar-refractivity contribution in [2.75, 3.05) is 33.2 Å². The zero-order valence-electron chi connectivity index (χ0n) is 10.8. The zero-order valence-corrected chi connectivity index (χ0v) is 11.6. The highest BCUT2D eigenvalue weighted by molar-refractivity contribution is 7.07. The molecular formula is C14H24N2S. The Balaban J connectivity index is 1.49. The standard InChI is InChI=1S/C14H24N2S/c1-16-9-4-13(5-10-16)2-7-15-8-3-14-6-11-17-12-14/h6,11-13,15H,2-5,7-10H2,1H3. The highest BCUT2D eigenvalue weighted by Gasteiger charge is 2.15. The van der Waals surface area contributed by atoms with E-state index in [1.54, 1.807) is 11.3 Å². The summed E-state index contributed by atoms with van der Waals surface area (Å²) in [5.74, 6) is 0.958. The summed E-state index contributed by atoms with van der Waals surface area (Å²) in [6.07, 6.45) is 5.32. The molecule has 96 valence electrons. The summed E-state index contributed by atoms with van der Waals surface area (Å²) >= 11 is 1.79. The van der Waals surface area contributed by atoms with Gasteiger partial charge in [0.1, 0.15) is 0 Å². The first-order valence-corrected chi connectivity index (χ1v) is 7.69. The molecule has 1 N–H and O–H groups in total. The lowest BCUT2D eigenvalue weighted by Crippen LogP contribution is -2.31. The monoisotopic (exact) mass is 252 g/mol. The molecule has 0 unspecified atom stereocenters. The number of rotatable bonds is 6. The SMILES string of the molecule is CN1CCC(CCNCCc2ccsc2)CC1. The Morgan fingerprint density at radius 2 is 2.18 bits per heavy atom. The summed E-state index contributed by atoms with van der Waals surface area (Å²) in [5, 5.41) is 7.98. The Morgan fingerprint density at radius 3 is 2.88 bits per heavy atom. The lowest BCUT2D eigenvalue weighted by atomic mass is 9.94. The van der Waals surface area contributed by atoms with Crippen molar-refractivity contribution < 1.29 is 0 Å². The van der Waals surface area contributed by atoms with Gasteiger partial charge in [-0.1, -0.05) is 0 Å². The van der Waals surface area contributed by atoms with Gasteiger partial charge >= 0.3 is 0 Å². The maximum atomic E-state index is 3.57. The van der Waals surface area contributed by atoms with E-state index in [4.69, 9.17) is 0 Å². The van der Waals surface area contributed by atoms with Crippen molar-refractivity contribution in [1.82, 2.24) is 10.2 Å². The van der Waals surface area contributed by atoms with Crippen molar-refractivity contribution in [1.29, 1.82) is 0 Å². The van der Waals surface area contributed by atoms with Gasteiger partial charge in [0.2, 0.25) is 0 Å². The number of nitrogens with one attached hydrogen (secondary N) is 1. The molecule has 17 heavy (non-hydrogen) atoms. The first kappa shape index (κ1) is 13.1. The topological polar surface area (TPSA) is 15.3 Å². The van der Waals surface area contributed by atoms with E-state index in [0.29, 0.717) is 0 Å². The maximum absolute atomic E-state index is 3.57. The first-order valence-electron chi connectivity index (χ1n) is 6.75. The second kappa shape index (κ2) is 7.14. The minimum absolute atomic E-state index is 0.958. The third-order valence-electron chi connectivity index (χ3n) is 3.74. The van der Waals surface area contributed by atoms with Crippen LogP contribution in [0.3, 0.4) is 0 Å². The second-order valence-corrected chi connectivity index (χ2v) is 5.95. The molecular weight excluding hydrogens is 228 g/mol. The van der Waals surface area contributed by atoms with E-state index in [0.717, 1.165) is 12.5 Å². The van der Waals surface area contributed by atoms with Gasteiger partial charge in [0.05, 0.1) is 0 Å². The van der Waals surface area contributed by atoms with Crippen LogP contribution in [0.5, 0.6) is 0 Å². The Morgan fingerprint density at radius 1 is 1.35 bits per heavy atom. The van der Waals surface area contributed by atoms with Gasteiger partial charge in [0, 0.05) is 0 Å². The second-order valence-electron chi connectivity index (χ2n) is 5.17. The van der Waals surface area contributed by atoms with Crippen molar-refractivity contribution in [3.63, 3.8) is 0 Å². The molecule has 0 radical (unpaired) electrons. The van der Waals surface area contributed by atoms with E-state index in [1.807, 2.05) is 0 Å². The average Bonchev–Trinajstić information content (AvgIpc) is 2.84. The molecule has 0 saturated carbocycles. The lowest BCUT2D eigenvalue weighted by Gasteiger charge is -2.28. The van der Waals surface area contributed by atoms with Crippen LogP contribution < -0.4 is 5.32 Å². The molecule has 2 rings (SSSR count). The van der Waals surface area contributed by atoms with Crippen molar-refractivity contribution in [3.8, 4) is 0 Å². The number of thiophene rings is 1. The predicted molar refractivity (Wildman–Crippen MR) is 75.7 cm³/mol. The van der Waals surface area contributed by atoms with Crippen molar-refractivity contribution in [2.45, 2.75) is 25.7 Å². The van der Waals surface area contributed by atoms with Gasteiger partial charge in [-0.05, 0) is 87.2 Å². The summed E-state index contributed by atoms with van der Waals surface area (Å²) in [6.45, 7) is 4.90. The van der Waals surface area contributed by atoms with Crippen LogP contribution in [0.15, 0.2) is 16.8 Å². The van der Waals surface area contributed by atoms with Gasteiger partial charge in [0.15, 0.2) is 0 Å². The molecule has 0 atom stereocenters. The maximum Gasteiger partial charge on any atom is -0.000806 e. The summed E-state index contributed by atoms with van der Waals surface area (Å²) < 4.78 is 0. The molecule has 1 aliphatic heterocycles. The van der Waals surface area contributed by atoms with E-state index in [-0.39, 0.29) is 0 Å². The Bertz CT molecular complexity index is 289. The minimum Gasteiger partial charge on any atom is -0.316 e. The number of piperidine rings is 1.